The molecule has 6 heteroatoms. The maximum Gasteiger partial charge on any atom is 0.268 e. The molecule has 6 nitrogen and oxygen atoms in total. The summed E-state index contributed by atoms with van der Waals surface area (Å²) < 4.78 is 5.20. The predicted octanol–water partition coefficient (Wildman–Crippen LogP) is 2.69. The van der Waals surface area contributed by atoms with Gasteiger partial charge in [-0.1, -0.05) is 32.1 Å². The van der Waals surface area contributed by atoms with E-state index in [-0.39, 0.29) is 5.91 Å². The number of nitrogen functional groups attached to an aromatic ring is 1. The van der Waals surface area contributed by atoms with Crippen LogP contribution in [0.15, 0.2) is 30.4 Å². The Labute approximate surface area is 149 Å². The molecule has 1 aromatic rings. The second kappa shape index (κ2) is 11.3. The standard InChI is InChI=1S/C19H29N3O3/c1-14(2)8-6-4-5-7-9-18(23)21-13-15-10-11-16(19(24)22-20)17(12-15)25-3/h6,8,10-12,14H,4-5,7,9,13,20H2,1-3H3,(H,21,23)(H,22,24)/b8-6+. The number of benzene rings is 1. The number of allylic oxidation sites excluding steroid dienone is 2. The number of hydrogen-bond acceptors (Lipinski definition) is 4. The van der Waals surface area contributed by atoms with Gasteiger partial charge in [-0.05, 0) is 42.9 Å². The summed E-state index contributed by atoms with van der Waals surface area (Å²) in [6.45, 7) is 4.69. The van der Waals surface area contributed by atoms with Gasteiger partial charge in [-0.2, -0.15) is 0 Å². The van der Waals surface area contributed by atoms with Gasteiger partial charge in [0.1, 0.15) is 5.75 Å². The molecule has 0 bridgehead atoms. The van der Waals surface area contributed by atoms with Crippen LogP contribution in [0.4, 0.5) is 0 Å². The summed E-state index contributed by atoms with van der Waals surface area (Å²) in [5, 5.41) is 2.88. The van der Waals surface area contributed by atoms with Crippen LogP contribution in [0.5, 0.6) is 5.75 Å². The van der Waals surface area contributed by atoms with E-state index in [9.17, 15) is 9.59 Å². The van der Waals surface area contributed by atoms with E-state index in [4.69, 9.17) is 10.6 Å². The van der Waals surface area contributed by atoms with Crippen molar-refractivity contribution in [1.82, 2.24) is 10.7 Å². The quantitative estimate of drug-likeness (QED) is 0.199. The summed E-state index contributed by atoms with van der Waals surface area (Å²) in [7, 11) is 1.48. The number of unbranched alkanes of at least 4 members (excludes halogenated alkanes) is 2. The number of methoxy groups -OCH3 is 1. The summed E-state index contributed by atoms with van der Waals surface area (Å²) in [5.41, 5.74) is 3.29. The third-order valence-corrected chi connectivity index (χ3v) is 3.68. The van der Waals surface area contributed by atoms with Gasteiger partial charge in [-0.25, -0.2) is 5.84 Å². The van der Waals surface area contributed by atoms with Crippen LogP contribution in [-0.4, -0.2) is 18.9 Å². The van der Waals surface area contributed by atoms with Crippen molar-refractivity contribution in [3.63, 3.8) is 0 Å². The second-order valence-electron chi connectivity index (χ2n) is 6.20. The van der Waals surface area contributed by atoms with Crippen molar-refractivity contribution in [3.8, 4) is 5.75 Å². The average molecular weight is 347 g/mol. The highest BCUT2D eigenvalue weighted by Crippen LogP contribution is 2.20. The normalized spacial score (nSPS) is 10.9. The van der Waals surface area contributed by atoms with Crippen LogP contribution >= 0.6 is 0 Å². The molecule has 25 heavy (non-hydrogen) atoms. The molecule has 0 unspecified atom stereocenters. The smallest absolute Gasteiger partial charge is 0.268 e. The fraction of sp³-hybridized carbons (Fsp3) is 0.474. The molecule has 1 rings (SSSR count). The molecular formula is C19H29N3O3. The van der Waals surface area contributed by atoms with Gasteiger partial charge in [-0.15, -0.1) is 0 Å². The monoisotopic (exact) mass is 347 g/mol. The Balaban J connectivity index is 2.39. The van der Waals surface area contributed by atoms with Crippen molar-refractivity contribution in [1.29, 1.82) is 0 Å². The number of hydrogen-bond donors (Lipinski definition) is 3. The number of nitrogens with two attached hydrogens (primary N) is 1. The zero-order valence-corrected chi connectivity index (χ0v) is 15.3. The first kappa shape index (κ1) is 20.7. The summed E-state index contributed by atoms with van der Waals surface area (Å²) in [6, 6.07) is 5.12. The molecule has 2 amide bonds. The molecule has 0 saturated carbocycles. The van der Waals surface area contributed by atoms with E-state index in [2.05, 4.69) is 36.7 Å². The molecule has 1 aromatic carbocycles. The van der Waals surface area contributed by atoms with E-state index in [0.29, 0.717) is 30.2 Å². The zero-order chi connectivity index (χ0) is 18.7. The Kier molecular flexibility index (Phi) is 9.32. The van der Waals surface area contributed by atoms with E-state index in [1.54, 1.807) is 18.2 Å². The molecule has 138 valence electrons. The molecule has 0 heterocycles. The van der Waals surface area contributed by atoms with Crippen LogP contribution in [0.2, 0.25) is 0 Å². The maximum absolute atomic E-state index is 11.9. The lowest BCUT2D eigenvalue weighted by atomic mass is 10.1. The molecule has 0 aliphatic heterocycles. The van der Waals surface area contributed by atoms with Crippen molar-refractivity contribution in [2.75, 3.05) is 7.11 Å². The lowest BCUT2D eigenvalue weighted by molar-refractivity contribution is -0.121. The number of carbonyl (C=O) groups is 2. The highest BCUT2D eigenvalue weighted by atomic mass is 16.5. The third-order valence-electron chi connectivity index (χ3n) is 3.68. The topological polar surface area (TPSA) is 93.4 Å². The molecule has 0 radical (unpaired) electrons. The minimum atomic E-state index is -0.418. The van der Waals surface area contributed by atoms with Gasteiger partial charge in [0.2, 0.25) is 5.91 Å². The fourth-order valence-electron chi connectivity index (χ4n) is 2.32. The Morgan fingerprint density at radius 3 is 2.68 bits per heavy atom. The second-order valence-corrected chi connectivity index (χ2v) is 6.20. The van der Waals surface area contributed by atoms with Crippen molar-refractivity contribution >= 4 is 11.8 Å². The Hall–Kier alpha value is -2.34. The van der Waals surface area contributed by atoms with Gasteiger partial charge >= 0.3 is 0 Å². The van der Waals surface area contributed by atoms with E-state index >= 15 is 0 Å². The first-order valence-electron chi connectivity index (χ1n) is 8.59. The van der Waals surface area contributed by atoms with Crippen LogP contribution in [0, 0.1) is 5.92 Å². The Bertz CT molecular complexity index is 598. The molecule has 0 aliphatic carbocycles. The lowest BCUT2D eigenvalue weighted by Gasteiger charge is -2.10. The van der Waals surface area contributed by atoms with E-state index in [1.165, 1.54) is 7.11 Å². The van der Waals surface area contributed by atoms with Crippen LogP contribution < -0.4 is 21.3 Å². The summed E-state index contributed by atoms with van der Waals surface area (Å²) >= 11 is 0. The summed E-state index contributed by atoms with van der Waals surface area (Å²) in [5.74, 6) is 5.74. The number of hydrazine groups is 1. The number of rotatable bonds is 10. The molecule has 0 atom stereocenters. The number of carbonyl (C=O) groups excluding carboxylic acids is 2. The molecular weight excluding hydrogens is 318 g/mol. The Morgan fingerprint density at radius 2 is 2.04 bits per heavy atom. The van der Waals surface area contributed by atoms with Gasteiger partial charge < -0.3 is 10.1 Å². The first-order chi connectivity index (χ1) is 12.0. The van der Waals surface area contributed by atoms with Gasteiger partial charge in [-0.3, -0.25) is 15.0 Å². The molecule has 0 fully saturated rings. The lowest BCUT2D eigenvalue weighted by Crippen LogP contribution is -2.30. The van der Waals surface area contributed by atoms with Crippen molar-refractivity contribution < 1.29 is 14.3 Å². The number of nitrogens with one attached hydrogen (secondary N) is 2. The number of ether oxygens (including phenoxy) is 1. The molecule has 0 spiro atoms. The first-order valence-corrected chi connectivity index (χ1v) is 8.59. The van der Waals surface area contributed by atoms with Crippen LogP contribution in [0.3, 0.4) is 0 Å². The summed E-state index contributed by atoms with van der Waals surface area (Å²) in [6.07, 6.45) is 7.75. The van der Waals surface area contributed by atoms with Crippen molar-refractivity contribution in [2.45, 2.75) is 46.1 Å². The van der Waals surface area contributed by atoms with Crippen molar-refractivity contribution in [2.24, 2.45) is 11.8 Å². The van der Waals surface area contributed by atoms with Gasteiger partial charge in [0.25, 0.3) is 5.91 Å². The van der Waals surface area contributed by atoms with E-state index in [0.717, 1.165) is 24.8 Å². The SMILES string of the molecule is COc1cc(CNC(=O)CCCC/C=C/C(C)C)ccc1C(=O)NN. The molecule has 4 N–H and O–H groups in total. The Morgan fingerprint density at radius 1 is 1.28 bits per heavy atom. The highest BCUT2D eigenvalue weighted by molar-refractivity contribution is 5.96. The zero-order valence-electron chi connectivity index (χ0n) is 15.3. The molecule has 0 aliphatic rings. The van der Waals surface area contributed by atoms with Crippen LogP contribution in [-0.2, 0) is 11.3 Å². The third kappa shape index (κ3) is 7.85. The van der Waals surface area contributed by atoms with E-state index < -0.39 is 5.91 Å². The van der Waals surface area contributed by atoms with Gasteiger partial charge in [0, 0.05) is 13.0 Å². The van der Waals surface area contributed by atoms with Crippen molar-refractivity contribution in [3.05, 3.63) is 41.5 Å². The highest BCUT2D eigenvalue weighted by Gasteiger charge is 2.11. The molecule has 0 aromatic heterocycles. The minimum Gasteiger partial charge on any atom is -0.496 e. The average Bonchev–Trinajstić information content (AvgIpc) is 2.61. The predicted molar refractivity (Wildman–Crippen MR) is 98.9 cm³/mol. The fourth-order valence-corrected chi connectivity index (χ4v) is 2.32. The van der Waals surface area contributed by atoms with Crippen LogP contribution in [0.1, 0.15) is 55.5 Å². The van der Waals surface area contributed by atoms with E-state index in [1.807, 2.05) is 0 Å². The van der Waals surface area contributed by atoms with Gasteiger partial charge in [0.15, 0.2) is 0 Å². The van der Waals surface area contributed by atoms with Gasteiger partial charge in [0.05, 0.1) is 12.7 Å². The molecule has 0 saturated heterocycles. The largest absolute Gasteiger partial charge is 0.496 e. The van der Waals surface area contributed by atoms with Crippen LogP contribution in [0.25, 0.3) is 0 Å². The minimum absolute atomic E-state index is 0.0237. The maximum atomic E-state index is 11.9. The summed E-state index contributed by atoms with van der Waals surface area (Å²) in [4.78, 5) is 23.5. The number of amides is 2.